The average molecular weight is 296 g/mol. The van der Waals surface area contributed by atoms with Crippen molar-refractivity contribution in [3.05, 3.63) is 0 Å². The smallest absolute Gasteiger partial charge is 0.236 e. The second-order valence-corrected chi connectivity index (χ2v) is 6.64. The van der Waals surface area contributed by atoms with Crippen LogP contribution in [0.25, 0.3) is 0 Å². The van der Waals surface area contributed by atoms with Crippen molar-refractivity contribution in [3.63, 3.8) is 0 Å². The maximum absolute atomic E-state index is 12.0. The van der Waals surface area contributed by atoms with Crippen LogP contribution in [-0.4, -0.2) is 24.5 Å². The van der Waals surface area contributed by atoms with Gasteiger partial charge in [-0.2, -0.15) is 0 Å². The third kappa shape index (κ3) is 9.13. The molecule has 1 unspecified atom stereocenters. The van der Waals surface area contributed by atoms with Crippen molar-refractivity contribution in [1.82, 2.24) is 10.6 Å². The predicted molar refractivity (Wildman–Crippen MR) is 90.5 cm³/mol. The van der Waals surface area contributed by atoms with Gasteiger partial charge in [0.2, 0.25) is 5.91 Å². The van der Waals surface area contributed by atoms with Crippen LogP contribution in [0.15, 0.2) is 0 Å². The number of hydrogen-bond donors (Lipinski definition) is 2. The van der Waals surface area contributed by atoms with Gasteiger partial charge in [0.15, 0.2) is 0 Å². The molecule has 3 nitrogen and oxygen atoms in total. The lowest BCUT2D eigenvalue weighted by Gasteiger charge is -2.23. The fourth-order valence-corrected chi connectivity index (χ4v) is 3.16. The second kappa shape index (κ2) is 12.0. The Kier molecular flexibility index (Phi) is 10.6. The van der Waals surface area contributed by atoms with Crippen molar-refractivity contribution < 1.29 is 4.79 Å². The second-order valence-electron chi connectivity index (χ2n) is 6.64. The third-order valence-electron chi connectivity index (χ3n) is 4.53. The summed E-state index contributed by atoms with van der Waals surface area (Å²) >= 11 is 0. The van der Waals surface area contributed by atoms with E-state index in [4.69, 9.17) is 0 Å². The van der Waals surface area contributed by atoms with Gasteiger partial charge in [-0.25, -0.2) is 0 Å². The Hall–Kier alpha value is -0.570. The van der Waals surface area contributed by atoms with Gasteiger partial charge in [0.05, 0.1) is 6.04 Å². The van der Waals surface area contributed by atoms with Crippen molar-refractivity contribution in [2.45, 2.75) is 103 Å². The minimum Gasteiger partial charge on any atom is -0.355 e. The largest absolute Gasteiger partial charge is 0.355 e. The van der Waals surface area contributed by atoms with Crippen LogP contribution in [0.2, 0.25) is 0 Å². The van der Waals surface area contributed by atoms with E-state index < -0.39 is 0 Å². The molecule has 0 aromatic rings. The first-order valence-corrected chi connectivity index (χ1v) is 9.27. The number of amides is 1. The Morgan fingerprint density at radius 1 is 0.952 bits per heavy atom. The molecule has 1 amide bonds. The Bertz CT molecular complexity index is 256. The van der Waals surface area contributed by atoms with E-state index in [0.29, 0.717) is 6.04 Å². The average Bonchev–Trinajstić information content (AvgIpc) is 2.47. The van der Waals surface area contributed by atoms with E-state index >= 15 is 0 Å². The van der Waals surface area contributed by atoms with Crippen LogP contribution < -0.4 is 10.6 Å². The third-order valence-corrected chi connectivity index (χ3v) is 4.53. The standard InChI is InChI=1S/C18H36N2O/c1-3-15-19-18(21)16(2)20-17-13-11-9-7-5-4-6-8-10-12-14-17/h16-17,20H,3-15H2,1-2H3,(H,19,21). The Balaban J connectivity index is 2.34. The van der Waals surface area contributed by atoms with Crippen molar-refractivity contribution in [1.29, 1.82) is 0 Å². The Morgan fingerprint density at radius 2 is 1.43 bits per heavy atom. The normalized spacial score (nSPS) is 21.0. The van der Waals surface area contributed by atoms with Crippen LogP contribution in [-0.2, 0) is 4.79 Å². The quantitative estimate of drug-likeness (QED) is 0.799. The molecule has 1 aliphatic rings. The van der Waals surface area contributed by atoms with E-state index in [1.807, 2.05) is 6.92 Å². The molecule has 3 heteroatoms. The van der Waals surface area contributed by atoms with Crippen LogP contribution in [0, 0.1) is 0 Å². The minimum absolute atomic E-state index is 0.0607. The summed E-state index contributed by atoms with van der Waals surface area (Å²) in [6.45, 7) is 4.88. The number of hydrogen-bond acceptors (Lipinski definition) is 2. The maximum Gasteiger partial charge on any atom is 0.236 e. The van der Waals surface area contributed by atoms with Crippen molar-refractivity contribution in [2.24, 2.45) is 0 Å². The molecule has 0 aromatic carbocycles. The van der Waals surface area contributed by atoms with Crippen LogP contribution in [0.1, 0.15) is 90.9 Å². The van der Waals surface area contributed by atoms with Gasteiger partial charge in [0, 0.05) is 12.6 Å². The SMILES string of the molecule is CCCNC(=O)C(C)NC1CCCCCCCCCCC1. The minimum atomic E-state index is -0.0607. The van der Waals surface area contributed by atoms with E-state index in [1.54, 1.807) is 0 Å². The van der Waals surface area contributed by atoms with E-state index in [9.17, 15) is 4.79 Å². The molecule has 1 atom stereocenters. The molecule has 0 radical (unpaired) electrons. The molecule has 1 rings (SSSR count). The van der Waals surface area contributed by atoms with Gasteiger partial charge in [0.25, 0.3) is 0 Å². The Labute approximate surface area is 131 Å². The lowest BCUT2D eigenvalue weighted by atomic mass is 9.97. The molecule has 0 aromatic heterocycles. The maximum atomic E-state index is 12.0. The molecule has 124 valence electrons. The Morgan fingerprint density at radius 3 is 1.90 bits per heavy atom. The van der Waals surface area contributed by atoms with Crippen molar-refractivity contribution >= 4 is 5.91 Å². The molecule has 1 fully saturated rings. The van der Waals surface area contributed by atoms with E-state index in [1.165, 1.54) is 70.6 Å². The number of carbonyl (C=O) groups excluding carboxylic acids is 1. The van der Waals surface area contributed by atoms with Crippen LogP contribution in [0.5, 0.6) is 0 Å². The first-order valence-electron chi connectivity index (χ1n) is 9.27. The predicted octanol–water partition coefficient (Wildman–Crippen LogP) is 4.16. The summed E-state index contributed by atoms with van der Waals surface area (Å²) in [5.41, 5.74) is 0. The molecule has 0 saturated heterocycles. The van der Waals surface area contributed by atoms with Gasteiger partial charge in [-0.15, -0.1) is 0 Å². The summed E-state index contributed by atoms with van der Waals surface area (Å²) in [5.74, 6) is 0.156. The van der Waals surface area contributed by atoms with E-state index in [-0.39, 0.29) is 11.9 Å². The fraction of sp³-hybridized carbons (Fsp3) is 0.944. The summed E-state index contributed by atoms with van der Waals surface area (Å²) in [4.78, 5) is 12.0. The molecule has 2 N–H and O–H groups in total. The number of nitrogens with one attached hydrogen (secondary N) is 2. The summed E-state index contributed by atoms with van der Waals surface area (Å²) in [6.07, 6.45) is 15.8. The molecular weight excluding hydrogens is 260 g/mol. The van der Waals surface area contributed by atoms with Crippen LogP contribution in [0.4, 0.5) is 0 Å². The van der Waals surface area contributed by atoms with Gasteiger partial charge in [-0.3, -0.25) is 4.79 Å². The first kappa shape index (κ1) is 18.5. The molecule has 0 heterocycles. The fourth-order valence-electron chi connectivity index (χ4n) is 3.16. The lowest BCUT2D eigenvalue weighted by Crippen LogP contribution is -2.46. The zero-order valence-corrected chi connectivity index (χ0v) is 14.3. The molecule has 1 saturated carbocycles. The molecule has 0 aliphatic heterocycles. The number of carbonyl (C=O) groups is 1. The number of rotatable bonds is 5. The topological polar surface area (TPSA) is 41.1 Å². The van der Waals surface area contributed by atoms with Gasteiger partial charge in [-0.05, 0) is 26.2 Å². The summed E-state index contributed by atoms with van der Waals surface area (Å²) in [6, 6.07) is 0.459. The van der Waals surface area contributed by atoms with Crippen LogP contribution in [0.3, 0.4) is 0 Å². The van der Waals surface area contributed by atoms with Crippen molar-refractivity contribution in [2.75, 3.05) is 6.54 Å². The van der Waals surface area contributed by atoms with Gasteiger partial charge in [0.1, 0.15) is 0 Å². The zero-order chi connectivity index (χ0) is 15.3. The first-order chi connectivity index (χ1) is 10.2. The van der Waals surface area contributed by atoms with Gasteiger partial charge >= 0.3 is 0 Å². The highest BCUT2D eigenvalue weighted by Gasteiger charge is 2.17. The molecule has 0 spiro atoms. The van der Waals surface area contributed by atoms with Crippen LogP contribution >= 0.6 is 0 Å². The summed E-state index contributed by atoms with van der Waals surface area (Å²) < 4.78 is 0. The molecule has 21 heavy (non-hydrogen) atoms. The lowest BCUT2D eigenvalue weighted by molar-refractivity contribution is -0.122. The van der Waals surface area contributed by atoms with E-state index in [2.05, 4.69) is 17.6 Å². The zero-order valence-electron chi connectivity index (χ0n) is 14.3. The monoisotopic (exact) mass is 296 g/mol. The molecule has 1 aliphatic carbocycles. The summed E-state index contributed by atoms with van der Waals surface area (Å²) in [7, 11) is 0. The molecule has 0 bridgehead atoms. The highest BCUT2D eigenvalue weighted by Crippen LogP contribution is 2.17. The van der Waals surface area contributed by atoms with Gasteiger partial charge < -0.3 is 10.6 Å². The highest BCUT2D eigenvalue weighted by molar-refractivity contribution is 5.81. The van der Waals surface area contributed by atoms with Gasteiger partial charge in [-0.1, -0.05) is 64.7 Å². The van der Waals surface area contributed by atoms with Crippen molar-refractivity contribution in [3.8, 4) is 0 Å². The van der Waals surface area contributed by atoms with E-state index in [0.717, 1.165) is 13.0 Å². The summed E-state index contributed by atoms with van der Waals surface area (Å²) in [5, 5.41) is 6.56. The highest BCUT2D eigenvalue weighted by atomic mass is 16.2. The molecular formula is C18H36N2O.